The highest BCUT2D eigenvalue weighted by molar-refractivity contribution is 5.13. The van der Waals surface area contributed by atoms with Gasteiger partial charge in [-0.1, -0.05) is 37.3 Å². The van der Waals surface area contributed by atoms with Crippen LogP contribution in [0.2, 0.25) is 0 Å². The minimum atomic E-state index is 0.620. The maximum atomic E-state index is 5.63. The second kappa shape index (κ2) is 5.52. The number of aromatic nitrogens is 1. The van der Waals surface area contributed by atoms with Crippen LogP contribution in [0.3, 0.4) is 0 Å². The van der Waals surface area contributed by atoms with Crippen LogP contribution in [0.1, 0.15) is 18.1 Å². The van der Waals surface area contributed by atoms with Crippen molar-refractivity contribution in [3.63, 3.8) is 0 Å². The van der Waals surface area contributed by atoms with Gasteiger partial charge in [0.15, 0.2) is 0 Å². The molecule has 2 rings (SSSR count). The van der Waals surface area contributed by atoms with Crippen molar-refractivity contribution in [3.8, 4) is 0 Å². The summed E-state index contributed by atoms with van der Waals surface area (Å²) in [5, 5.41) is 0. The fraction of sp³-hybridized carbons (Fsp3) is 0.286. The van der Waals surface area contributed by atoms with Gasteiger partial charge in [0, 0.05) is 12.4 Å². The monoisotopic (exact) mass is 215 g/mol. The Morgan fingerprint density at radius 2 is 1.88 bits per heavy atom. The van der Waals surface area contributed by atoms with Gasteiger partial charge in [-0.2, -0.15) is 0 Å². The van der Waals surface area contributed by atoms with Crippen LogP contribution >= 0.6 is 0 Å². The first-order valence-corrected chi connectivity index (χ1v) is 5.65. The average molecular weight is 215 g/mol. The Balaban J connectivity index is 1.80. The zero-order valence-corrected chi connectivity index (χ0v) is 9.60. The molecule has 2 heteroatoms. The first kappa shape index (κ1) is 11.0. The van der Waals surface area contributed by atoms with Crippen molar-refractivity contribution >= 4 is 0 Å². The molecule has 1 heterocycles. The fourth-order valence-corrected chi connectivity index (χ4v) is 1.62. The summed E-state index contributed by atoms with van der Waals surface area (Å²) in [6, 6.07) is 12.4. The van der Waals surface area contributed by atoms with Crippen molar-refractivity contribution in [2.45, 2.75) is 26.7 Å². The Morgan fingerprint density at radius 1 is 1.06 bits per heavy atom. The van der Waals surface area contributed by atoms with Gasteiger partial charge >= 0.3 is 0 Å². The maximum absolute atomic E-state index is 5.63. The van der Waals surface area contributed by atoms with Gasteiger partial charge < -0.3 is 9.30 Å². The lowest BCUT2D eigenvalue weighted by Crippen LogP contribution is -2.00. The van der Waals surface area contributed by atoms with Gasteiger partial charge in [-0.25, -0.2) is 0 Å². The van der Waals surface area contributed by atoms with E-state index in [-0.39, 0.29) is 0 Å². The van der Waals surface area contributed by atoms with E-state index < -0.39 is 0 Å². The second-order valence-electron chi connectivity index (χ2n) is 3.85. The number of ether oxygens (including phenoxy) is 1. The molecule has 2 aromatic rings. The molecule has 0 aliphatic heterocycles. The van der Waals surface area contributed by atoms with E-state index >= 15 is 0 Å². The molecule has 2 nitrogen and oxygen atoms in total. The van der Waals surface area contributed by atoms with Crippen molar-refractivity contribution in [3.05, 3.63) is 59.9 Å². The molecule has 0 aliphatic rings. The zero-order chi connectivity index (χ0) is 11.2. The van der Waals surface area contributed by atoms with Crippen LogP contribution in [0.4, 0.5) is 0 Å². The molecule has 16 heavy (non-hydrogen) atoms. The predicted octanol–water partition coefficient (Wildman–Crippen LogP) is 3.22. The summed E-state index contributed by atoms with van der Waals surface area (Å²) < 4.78 is 7.70. The number of benzene rings is 1. The van der Waals surface area contributed by atoms with Crippen LogP contribution in [0.25, 0.3) is 0 Å². The first-order valence-electron chi connectivity index (χ1n) is 5.65. The highest BCUT2D eigenvalue weighted by atomic mass is 16.5. The summed E-state index contributed by atoms with van der Waals surface area (Å²) in [5.74, 6) is 0. The summed E-state index contributed by atoms with van der Waals surface area (Å²) in [5.41, 5.74) is 2.56. The maximum Gasteiger partial charge on any atom is 0.122 e. The normalized spacial score (nSPS) is 10.6. The van der Waals surface area contributed by atoms with Crippen molar-refractivity contribution in [2.24, 2.45) is 0 Å². The van der Waals surface area contributed by atoms with Crippen LogP contribution in [0, 0.1) is 0 Å². The topological polar surface area (TPSA) is 14.2 Å². The molecule has 84 valence electrons. The Hall–Kier alpha value is -1.54. The minimum absolute atomic E-state index is 0.620. The Labute approximate surface area is 96.5 Å². The summed E-state index contributed by atoms with van der Waals surface area (Å²) in [4.78, 5) is 0. The number of hydrogen-bond donors (Lipinski definition) is 0. The molecule has 0 aliphatic carbocycles. The molecule has 1 aromatic heterocycles. The van der Waals surface area contributed by atoms with Gasteiger partial charge in [-0.05, 0) is 23.6 Å². The van der Waals surface area contributed by atoms with Gasteiger partial charge in [-0.15, -0.1) is 0 Å². The molecule has 0 spiro atoms. The molecular formula is C14H17NO. The summed E-state index contributed by atoms with van der Waals surface area (Å²) in [6.45, 7) is 3.44. The van der Waals surface area contributed by atoms with Gasteiger partial charge in [0.25, 0.3) is 0 Å². The lowest BCUT2D eigenvalue weighted by atomic mass is 10.2. The van der Waals surface area contributed by atoms with E-state index in [9.17, 15) is 0 Å². The molecule has 0 radical (unpaired) electrons. The lowest BCUT2D eigenvalue weighted by Gasteiger charge is -2.05. The van der Waals surface area contributed by atoms with Gasteiger partial charge in [0.05, 0.1) is 6.61 Å². The highest BCUT2D eigenvalue weighted by Crippen LogP contribution is 2.04. The van der Waals surface area contributed by atoms with Crippen LogP contribution < -0.4 is 0 Å². The van der Waals surface area contributed by atoms with Crippen LogP contribution in [-0.4, -0.2) is 4.57 Å². The van der Waals surface area contributed by atoms with Crippen LogP contribution in [0.15, 0.2) is 48.8 Å². The number of aryl methyl sites for hydroxylation is 1. The summed E-state index contributed by atoms with van der Waals surface area (Å²) in [6.07, 6.45) is 5.26. The van der Waals surface area contributed by atoms with Crippen LogP contribution in [0.5, 0.6) is 0 Å². The largest absolute Gasteiger partial charge is 0.356 e. The second-order valence-corrected chi connectivity index (χ2v) is 3.85. The zero-order valence-electron chi connectivity index (χ0n) is 9.60. The number of rotatable bonds is 5. The van der Waals surface area contributed by atoms with Gasteiger partial charge in [0.1, 0.15) is 6.73 Å². The third-order valence-corrected chi connectivity index (χ3v) is 2.57. The molecular weight excluding hydrogens is 198 g/mol. The molecule has 0 saturated heterocycles. The van der Waals surface area contributed by atoms with E-state index in [2.05, 4.69) is 42.1 Å². The van der Waals surface area contributed by atoms with Crippen molar-refractivity contribution < 1.29 is 4.74 Å². The smallest absolute Gasteiger partial charge is 0.122 e. The number of nitrogens with zero attached hydrogens (tertiary/aromatic N) is 1. The highest BCUT2D eigenvalue weighted by Gasteiger charge is 1.95. The Morgan fingerprint density at radius 3 is 2.56 bits per heavy atom. The number of hydrogen-bond acceptors (Lipinski definition) is 1. The molecule has 0 unspecified atom stereocenters. The average Bonchev–Trinajstić information content (AvgIpc) is 2.78. The van der Waals surface area contributed by atoms with Crippen LogP contribution in [-0.2, 0) is 24.5 Å². The predicted molar refractivity (Wildman–Crippen MR) is 65.0 cm³/mol. The standard InChI is InChI=1S/C14H17NO/c1-2-13-8-9-15(10-13)12-16-11-14-6-4-3-5-7-14/h3-10H,2,11-12H2,1H3. The van der Waals surface area contributed by atoms with Crippen molar-refractivity contribution in [1.82, 2.24) is 4.57 Å². The summed E-state index contributed by atoms with van der Waals surface area (Å²) >= 11 is 0. The Bertz CT molecular complexity index is 419. The van der Waals surface area contributed by atoms with E-state index in [1.54, 1.807) is 0 Å². The molecule has 0 N–H and O–H groups in total. The third-order valence-electron chi connectivity index (χ3n) is 2.57. The van der Waals surface area contributed by atoms with E-state index in [0.29, 0.717) is 13.3 Å². The minimum Gasteiger partial charge on any atom is -0.356 e. The van der Waals surface area contributed by atoms with Crippen molar-refractivity contribution in [1.29, 1.82) is 0 Å². The molecule has 0 bridgehead atoms. The molecule has 0 atom stereocenters. The first-order chi connectivity index (χ1) is 7.88. The van der Waals surface area contributed by atoms with E-state index in [1.165, 1.54) is 11.1 Å². The molecule has 1 aromatic carbocycles. The Kier molecular flexibility index (Phi) is 3.78. The third kappa shape index (κ3) is 2.97. The van der Waals surface area contributed by atoms with Crippen molar-refractivity contribution in [2.75, 3.05) is 0 Å². The van der Waals surface area contributed by atoms with Gasteiger partial charge in [-0.3, -0.25) is 0 Å². The molecule has 0 saturated carbocycles. The summed E-state index contributed by atoms with van der Waals surface area (Å²) in [7, 11) is 0. The van der Waals surface area contributed by atoms with E-state index in [0.717, 1.165) is 6.42 Å². The molecule has 0 fully saturated rings. The lowest BCUT2D eigenvalue weighted by molar-refractivity contribution is 0.0642. The SMILES string of the molecule is CCc1ccn(COCc2ccccc2)c1. The van der Waals surface area contributed by atoms with E-state index in [4.69, 9.17) is 4.74 Å². The quantitative estimate of drug-likeness (QED) is 0.747. The fourth-order valence-electron chi connectivity index (χ4n) is 1.62. The molecule has 0 amide bonds. The van der Waals surface area contributed by atoms with Gasteiger partial charge in [0.2, 0.25) is 0 Å². The van der Waals surface area contributed by atoms with E-state index in [1.807, 2.05) is 18.2 Å².